The smallest absolute Gasteiger partial charge is 0.334 e. The molecule has 3 aromatic rings. The first-order valence-corrected chi connectivity index (χ1v) is 12.8. The van der Waals surface area contributed by atoms with Crippen molar-refractivity contribution in [2.75, 3.05) is 26.2 Å². The quantitative estimate of drug-likeness (QED) is 0.299. The number of aromatic nitrogens is 1. The fraction of sp³-hybridized carbons (Fsp3) is 0.333. The minimum Gasteiger partial charge on any atom is -0.450 e. The lowest BCUT2D eigenvalue weighted by Crippen LogP contribution is -2.57. The molecular formula is C27H26N3O4S+. The first-order valence-electron chi connectivity index (χ1n) is 11.9. The van der Waals surface area contributed by atoms with Crippen molar-refractivity contribution in [2.45, 2.75) is 18.1 Å². The molecule has 1 amide bonds. The van der Waals surface area contributed by atoms with Crippen molar-refractivity contribution in [1.82, 2.24) is 10.3 Å². The van der Waals surface area contributed by atoms with Gasteiger partial charge in [-0.15, -0.1) is 11.3 Å². The van der Waals surface area contributed by atoms with E-state index in [1.165, 1.54) is 11.3 Å². The highest BCUT2D eigenvalue weighted by molar-refractivity contribution is 7.11. The van der Waals surface area contributed by atoms with Crippen molar-refractivity contribution in [3.8, 4) is 0 Å². The SMILES string of the molecule is O=C(NC(C(=O)OC12C[N+]3(CC(=O)c4nccs4)CCC1C2C3)c1ccccc1)c1ccccc1. The summed E-state index contributed by atoms with van der Waals surface area (Å²) in [5.41, 5.74) is 0.629. The fourth-order valence-electron chi connectivity index (χ4n) is 6.22. The Morgan fingerprint density at radius 2 is 1.83 bits per heavy atom. The second-order valence-corrected chi connectivity index (χ2v) is 10.8. The Balaban J connectivity index is 1.20. The molecular weight excluding hydrogens is 462 g/mol. The summed E-state index contributed by atoms with van der Waals surface area (Å²) in [6, 6.07) is 17.2. The number of amides is 1. The van der Waals surface area contributed by atoms with E-state index >= 15 is 0 Å². The van der Waals surface area contributed by atoms with E-state index in [4.69, 9.17) is 4.74 Å². The summed E-state index contributed by atoms with van der Waals surface area (Å²) in [6.07, 6.45) is 2.60. The minimum absolute atomic E-state index is 0.0542. The van der Waals surface area contributed by atoms with Gasteiger partial charge in [0.2, 0.25) is 5.78 Å². The van der Waals surface area contributed by atoms with Gasteiger partial charge in [-0.3, -0.25) is 9.59 Å². The molecule has 4 fully saturated rings. The van der Waals surface area contributed by atoms with Crippen LogP contribution < -0.4 is 5.32 Å². The van der Waals surface area contributed by atoms with Crippen LogP contribution in [0.4, 0.5) is 0 Å². The van der Waals surface area contributed by atoms with Crippen LogP contribution >= 0.6 is 11.3 Å². The maximum Gasteiger partial charge on any atom is 0.334 e. The molecule has 1 saturated carbocycles. The van der Waals surface area contributed by atoms with Crippen LogP contribution in [0.5, 0.6) is 0 Å². The van der Waals surface area contributed by atoms with Gasteiger partial charge in [0.25, 0.3) is 5.91 Å². The van der Waals surface area contributed by atoms with E-state index in [9.17, 15) is 14.4 Å². The number of thiazole rings is 1. The van der Waals surface area contributed by atoms with Crippen molar-refractivity contribution in [3.63, 3.8) is 0 Å². The Morgan fingerprint density at radius 3 is 2.54 bits per heavy atom. The Bertz CT molecular complexity index is 1270. The number of carbonyl (C=O) groups is 3. The van der Waals surface area contributed by atoms with E-state index in [0.29, 0.717) is 39.6 Å². The summed E-state index contributed by atoms with van der Waals surface area (Å²) in [5.74, 6) is -0.108. The number of Topliss-reactive ketones (excluding diaryl/α,β-unsaturated/α-hetero) is 1. The molecule has 5 atom stereocenters. The average Bonchev–Trinajstić information content (AvgIpc) is 3.23. The van der Waals surface area contributed by atoms with Crippen molar-refractivity contribution in [1.29, 1.82) is 0 Å². The lowest BCUT2D eigenvalue weighted by atomic mass is 10.0. The van der Waals surface area contributed by atoms with Gasteiger partial charge < -0.3 is 14.5 Å². The number of quaternary nitrogens is 1. The minimum atomic E-state index is -0.904. The van der Waals surface area contributed by atoms with E-state index < -0.39 is 17.6 Å². The molecule has 4 aliphatic rings. The van der Waals surface area contributed by atoms with Gasteiger partial charge in [-0.05, 0) is 17.7 Å². The van der Waals surface area contributed by atoms with E-state index in [1.807, 2.05) is 41.8 Å². The first kappa shape index (κ1) is 22.1. The van der Waals surface area contributed by atoms with E-state index in [0.717, 1.165) is 19.5 Å². The molecule has 0 radical (unpaired) electrons. The van der Waals surface area contributed by atoms with Crippen LogP contribution in [0.2, 0.25) is 0 Å². The molecule has 178 valence electrons. The second kappa shape index (κ2) is 8.39. The maximum absolute atomic E-state index is 13.6. The number of ether oxygens (including phenoxy) is 1. The van der Waals surface area contributed by atoms with Crippen molar-refractivity contribution >= 4 is 29.0 Å². The summed E-state index contributed by atoms with van der Waals surface area (Å²) in [6.45, 7) is 2.81. The number of rotatable bonds is 8. The van der Waals surface area contributed by atoms with Crippen LogP contribution in [-0.4, -0.2) is 58.9 Å². The molecule has 1 N–H and O–H groups in total. The lowest BCUT2D eigenvalue weighted by Gasteiger charge is -2.41. The molecule has 1 aromatic heterocycles. The molecule has 35 heavy (non-hydrogen) atoms. The Kier molecular flexibility index (Phi) is 5.30. The van der Waals surface area contributed by atoms with E-state index in [1.54, 1.807) is 30.5 Å². The van der Waals surface area contributed by atoms with Gasteiger partial charge in [0.15, 0.2) is 16.7 Å². The molecule has 4 heterocycles. The van der Waals surface area contributed by atoms with Gasteiger partial charge in [-0.1, -0.05) is 48.5 Å². The lowest BCUT2D eigenvalue weighted by molar-refractivity contribution is -0.922. The first-order chi connectivity index (χ1) is 17.0. The molecule has 5 unspecified atom stereocenters. The standard InChI is InChI=1S/C27H25N3O4S/c31-22(25-28-12-14-35-25)16-30-13-11-20-21(15-30)27(20,17-30)34-26(33)23(18-7-3-1-4-8-18)29-24(32)19-9-5-2-6-10-19/h1-10,12,14,20-21,23H,11,13,15-17H2/p+1. The Labute approximate surface area is 207 Å². The van der Waals surface area contributed by atoms with Crippen LogP contribution in [-0.2, 0) is 9.53 Å². The number of ketones is 1. The topological polar surface area (TPSA) is 85.4 Å². The summed E-state index contributed by atoms with van der Waals surface area (Å²) in [4.78, 5) is 43.5. The molecule has 0 spiro atoms. The van der Waals surface area contributed by atoms with Gasteiger partial charge in [0.1, 0.15) is 13.1 Å². The number of nitrogens with zero attached hydrogens (tertiary/aromatic N) is 2. The van der Waals surface area contributed by atoms with E-state index in [-0.39, 0.29) is 17.6 Å². The van der Waals surface area contributed by atoms with Crippen LogP contribution in [0.1, 0.15) is 38.2 Å². The summed E-state index contributed by atoms with van der Waals surface area (Å²) < 4.78 is 6.92. The Morgan fingerprint density at radius 1 is 1.09 bits per heavy atom. The number of benzene rings is 2. The molecule has 2 aromatic carbocycles. The zero-order chi connectivity index (χ0) is 24.0. The predicted octanol–water partition coefficient (Wildman–Crippen LogP) is 3.26. The van der Waals surface area contributed by atoms with Crippen molar-refractivity contribution in [2.24, 2.45) is 11.8 Å². The predicted molar refractivity (Wildman–Crippen MR) is 130 cm³/mol. The number of fused-ring (bicyclic) bond motifs is 1. The maximum atomic E-state index is 13.6. The van der Waals surface area contributed by atoms with E-state index in [2.05, 4.69) is 10.3 Å². The van der Waals surface area contributed by atoms with Crippen LogP contribution in [0, 0.1) is 11.8 Å². The highest BCUT2D eigenvalue weighted by atomic mass is 32.1. The molecule has 7 nitrogen and oxygen atoms in total. The third-order valence-corrected chi connectivity index (χ3v) is 8.65. The average molecular weight is 489 g/mol. The van der Waals surface area contributed by atoms with Crippen LogP contribution in [0.15, 0.2) is 72.2 Å². The number of piperidine rings is 3. The van der Waals surface area contributed by atoms with Crippen molar-refractivity contribution < 1.29 is 23.6 Å². The zero-order valence-corrected chi connectivity index (χ0v) is 19.9. The Hall–Kier alpha value is -3.36. The number of nitrogens with one attached hydrogen (secondary N) is 1. The highest BCUT2D eigenvalue weighted by Crippen LogP contribution is 2.65. The third-order valence-electron chi connectivity index (χ3n) is 7.83. The van der Waals surface area contributed by atoms with Gasteiger partial charge in [-0.2, -0.15) is 0 Å². The second-order valence-electron chi connectivity index (χ2n) is 9.89. The van der Waals surface area contributed by atoms with Crippen LogP contribution in [0.25, 0.3) is 0 Å². The summed E-state index contributed by atoms with van der Waals surface area (Å²) in [5, 5.41) is 5.24. The third kappa shape index (κ3) is 3.86. The van der Waals surface area contributed by atoms with Crippen LogP contribution in [0.3, 0.4) is 0 Å². The number of hydrogen-bond donors (Lipinski definition) is 1. The van der Waals surface area contributed by atoms with Gasteiger partial charge in [-0.25, -0.2) is 9.78 Å². The number of hydrogen-bond acceptors (Lipinski definition) is 6. The van der Waals surface area contributed by atoms with Crippen molar-refractivity contribution in [3.05, 3.63) is 88.4 Å². The summed E-state index contributed by atoms with van der Waals surface area (Å²) in [7, 11) is 0. The molecule has 8 heteroatoms. The molecule has 7 rings (SSSR count). The zero-order valence-electron chi connectivity index (χ0n) is 19.1. The van der Waals surface area contributed by atoms with Gasteiger partial charge >= 0.3 is 5.97 Å². The molecule has 3 saturated heterocycles. The molecule has 4 bridgehead atoms. The number of esters is 1. The normalized spacial score (nSPS) is 28.7. The fourth-order valence-corrected chi connectivity index (χ4v) is 6.79. The molecule has 3 aliphatic heterocycles. The number of carbonyl (C=O) groups excluding carboxylic acids is 3. The highest BCUT2D eigenvalue weighted by Gasteiger charge is 2.81. The largest absolute Gasteiger partial charge is 0.450 e. The monoisotopic (exact) mass is 488 g/mol. The van der Waals surface area contributed by atoms with Gasteiger partial charge in [0, 0.05) is 29.5 Å². The van der Waals surface area contributed by atoms with Gasteiger partial charge in [0.05, 0.1) is 19.0 Å². The summed E-state index contributed by atoms with van der Waals surface area (Å²) >= 11 is 1.37. The molecule has 1 aliphatic carbocycles.